The lowest BCUT2D eigenvalue weighted by Crippen LogP contribution is -2.15. The summed E-state index contributed by atoms with van der Waals surface area (Å²) in [6.45, 7) is 1.48. The van der Waals surface area contributed by atoms with Gasteiger partial charge in [-0.05, 0) is 43.3 Å². The lowest BCUT2D eigenvalue weighted by atomic mass is 10.1. The van der Waals surface area contributed by atoms with E-state index in [1.807, 2.05) is 0 Å². The minimum atomic E-state index is -0.619. The number of benzene rings is 2. The third-order valence-electron chi connectivity index (χ3n) is 4.16. The number of fused-ring (bicyclic) bond motifs is 1. The lowest BCUT2D eigenvalue weighted by molar-refractivity contribution is -0.147. The van der Waals surface area contributed by atoms with Crippen LogP contribution in [0, 0.1) is 0 Å². The van der Waals surface area contributed by atoms with Crippen LogP contribution in [0.5, 0.6) is 11.5 Å². The first-order valence-corrected chi connectivity index (χ1v) is 9.41. The quantitative estimate of drug-likeness (QED) is 0.429. The molecule has 9 heteroatoms. The van der Waals surface area contributed by atoms with Gasteiger partial charge in [-0.3, -0.25) is 5.32 Å². The minimum Gasteiger partial charge on any atom is -0.497 e. The molecule has 0 unspecified atom stereocenters. The molecule has 1 heterocycles. The molecule has 3 rings (SSSR count). The smallest absolute Gasteiger partial charge is 0.411 e. The highest BCUT2D eigenvalue weighted by Crippen LogP contribution is 2.22. The summed E-state index contributed by atoms with van der Waals surface area (Å²) in [5.74, 6) is 0.563. The molecule has 0 bridgehead atoms. The van der Waals surface area contributed by atoms with Crippen LogP contribution in [0.25, 0.3) is 11.0 Å². The van der Waals surface area contributed by atoms with Crippen molar-refractivity contribution < 1.29 is 33.0 Å². The Morgan fingerprint density at radius 1 is 1.00 bits per heavy atom. The van der Waals surface area contributed by atoms with Gasteiger partial charge in [-0.2, -0.15) is 0 Å². The van der Waals surface area contributed by atoms with Gasteiger partial charge in [0.05, 0.1) is 13.7 Å². The third-order valence-corrected chi connectivity index (χ3v) is 4.16. The Balaban J connectivity index is 1.64. The molecule has 0 saturated carbocycles. The van der Waals surface area contributed by atoms with Crippen molar-refractivity contribution in [2.24, 2.45) is 0 Å². The number of carbonyl (C=O) groups excluding carboxylic acids is 2. The van der Waals surface area contributed by atoms with E-state index in [4.69, 9.17) is 23.4 Å². The molecule has 0 spiro atoms. The van der Waals surface area contributed by atoms with Crippen LogP contribution in [0.2, 0.25) is 0 Å². The summed E-state index contributed by atoms with van der Waals surface area (Å²) in [4.78, 5) is 35.5. The van der Waals surface area contributed by atoms with Gasteiger partial charge < -0.3 is 23.4 Å². The van der Waals surface area contributed by atoms with Crippen LogP contribution in [-0.4, -0.2) is 32.4 Å². The molecular formula is C22H21NO8. The standard InChI is InChI=1S/C22H21NO8/c1-3-28-22(26)23-15-4-9-18-14(10-20(24)31-19(18)11-15)12-30-21(25)13-29-17-7-5-16(27-2)6-8-17/h4-11H,3,12-13H2,1-2H3,(H,23,26). The van der Waals surface area contributed by atoms with Gasteiger partial charge in [0.25, 0.3) is 0 Å². The Morgan fingerprint density at radius 3 is 2.45 bits per heavy atom. The summed E-state index contributed by atoms with van der Waals surface area (Å²) in [5.41, 5.74) is 0.492. The Kier molecular flexibility index (Phi) is 7.10. The number of anilines is 1. The molecule has 9 nitrogen and oxygen atoms in total. The van der Waals surface area contributed by atoms with Gasteiger partial charge >= 0.3 is 17.7 Å². The van der Waals surface area contributed by atoms with E-state index >= 15 is 0 Å². The summed E-state index contributed by atoms with van der Waals surface area (Å²) in [5, 5.41) is 3.10. The van der Waals surface area contributed by atoms with E-state index in [9.17, 15) is 14.4 Å². The van der Waals surface area contributed by atoms with Crippen molar-refractivity contribution in [3.05, 3.63) is 64.5 Å². The zero-order chi connectivity index (χ0) is 22.2. The number of esters is 1. The summed E-state index contributed by atoms with van der Waals surface area (Å²) in [7, 11) is 1.55. The predicted octanol–water partition coefficient (Wildman–Crippen LogP) is 3.49. The number of methoxy groups -OCH3 is 1. The fraction of sp³-hybridized carbons (Fsp3) is 0.227. The van der Waals surface area contributed by atoms with Gasteiger partial charge in [-0.1, -0.05) is 0 Å². The van der Waals surface area contributed by atoms with Gasteiger partial charge in [-0.25, -0.2) is 14.4 Å². The maximum absolute atomic E-state index is 12.0. The second kappa shape index (κ2) is 10.1. The van der Waals surface area contributed by atoms with Crippen molar-refractivity contribution in [3.8, 4) is 11.5 Å². The Labute approximate surface area is 177 Å². The number of hydrogen-bond donors (Lipinski definition) is 1. The van der Waals surface area contributed by atoms with Crippen LogP contribution in [0.3, 0.4) is 0 Å². The number of carbonyl (C=O) groups is 2. The first kappa shape index (κ1) is 21.7. The summed E-state index contributed by atoms with van der Waals surface area (Å²) in [6.07, 6.45) is -0.619. The highest BCUT2D eigenvalue weighted by atomic mass is 16.6. The molecule has 1 aromatic heterocycles. The van der Waals surface area contributed by atoms with Crippen molar-refractivity contribution in [2.75, 3.05) is 25.6 Å². The zero-order valence-electron chi connectivity index (χ0n) is 17.0. The van der Waals surface area contributed by atoms with Crippen molar-refractivity contribution in [2.45, 2.75) is 13.5 Å². The minimum absolute atomic E-state index is 0.141. The molecule has 31 heavy (non-hydrogen) atoms. The first-order valence-electron chi connectivity index (χ1n) is 9.41. The average molecular weight is 427 g/mol. The maximum Gasteiger partial charge on any atom is 0.411 e. The Hall–Kier alpha value is -4.01. The fourth-order valence-corrected chi connectivity index (χ4v) is 2.73. The topological polar surface area (TPSA) is 113 Å². The van der Waals surface area contributed by atoms with Crippen LogP contribution >= 0.6 is 0 Å². The monoisotopic (exact) mass is 427 g/mol. The second-order valence-corrected chi connectivity index (χ2v) is 6.27. The van der Waals surface area contributed by atoms with Gasteiger partial charge in [-0.15, -0.1) is 0 Å². The third kappa shape index (κ3) is 5.99. The van der Waals surface area contributed by atoms with Gasteiger partial charge in [0, 0.05) is 28.8 Å². The molecule has 0 aliphatic heterocycles. The highest BCUT2D eigenvalue weighted by molar-refractivity contribution is 5.90. The van der Waals surface area contributed by atoms with Crippen LogP contribution in [0.1, 0.15) is 12.5 Å². The summed E-state index contributed by atoms with van der Waals surface area (Å²) >= 11 is 0. The van der Waals surface area contributed by atoms with Crippen LogP contribution < -0.4 is 20.4 Å². The summed E-state index contributed by atoms with van der Waals surface area (Å²) < 4.78 is 25.7. The van der Waals surface area contributed by atoms with E-state index in [2.05, 4.69) is 5.32 Å². The molecule has 1 amide bonds. The molecule has 0 saturated heterocycles. The van der Waals surface area contributed by atoms with E-state index < -0.39 is 17.7 Å². The largest absolute Gasteiger partial charge is 0.497 e. The number of ether oxygens (including phenoxy) is 4. The molecule has 0 radical (unpaired) electrons. The maximum atomic E-state index is 12.0. The van der Waals surface area contributed by atoms with Crippen LogP contribution in [0.15, 0.2) is 57.7 Å². The van der Waals surface area contributed by atoms with Crippen LogP contribution in [-0.2, 0) is 20.9 Å². The van der Waals surface area contributed by atoms with Crippen molar-refractivity contribution >= 4 is 28.7 Å². The normalized spacial score (nSPS) is 10.4. The van der Waals surface area contributed by atoms with E-state index in [0.717, 1.165) is 0 Å². The van der Waals surface area contributed by atoms with Crippen molar-refractivity contribution in [3.63, 3.8) is 0 Å². The van der Waals surface area contributed by atoms with Gasteiger partial charge in [0.1, 0.15) is 23.7 Å². The van der Waals surface area contributed by atoms with E-state index in [1.165, 1.54) is 12.1 Å². The molecule has 1 N–H and O–H groups in total. The summed E-state index contributed by atoms with van der Waals surface area (Å²) in [6, 6.07) is 12.8. The van der Waals surface area contributed by atoms with Crippen molar-refractivity contribution in [1.82, 2.24) is 0 Å². The lowest BCUT2D eigenvalue weighted by Gasteiger charge is -2.10. The van der Waals surface area contributed by atoms with E-state index in [1.54, 1.807) is 50.4 Å². The second-order valence-electron chi connectivity index (χ2n) is 6.27. The number of nitrogens with one attached hydrogen (secondary N) is 1. The number of hydrogen-bond acceptors (Lipinski definition) is 8. The van der Waals surface area contributed by atoms with E-state index in [-0.39, 0.29) is 25.4 Å². The van der Waals surface area contributed by atoms with E-state index in [0.29, 0.717) is 28.1 Å². The first-order chi connectivity index (χ1) is 15.0. The van der Waals surface area contributed by atoms with Crippen molar-refractivity contribution in [1.29, 1.82) is 0 Å². The molecule has 162 valence electrons. The number of rotatable bonds is 8. The molecule has 3 aromatic rings. The fourth-order valence-electron chi connectivity index (χ4n) is 2.73. The number of amides is 1. The SMILES string of the molecule is CCOC(=O)Nc1ccc2c(COC(=O)COc3ccc(OC)cc3)cc(=O)oc2c1. The molecule has 0 atom stereocenters. The highest BCUT2D eigenvalue weighted by Gasteiger charge is 2.11. The van der Waals surface area contributed by atoms with Crippen LogP contribution in [0.4, 0.5) is 10.5 Å². The zero-order valence-corrected chi connectivity index (χ0v) is 17.0. The predicted molar refractivity (Wildman–Crippen MR) is 111 cm³/mol. The Bertz CT molecular complexity index is 1120. The molecule has 0 aliphatic carbocycles. The molecule has 0 aliphatic rings. The molecule has 0 fully saturated rings. The molecule has 2 aromatic carbocycles. The van der Waals surface area contributed by atoms with Gasteiger partial charge in [0.15, 0.2) is 6.61 Å². The van der Waals surface area contributed by atoms with Gasteiger partial charge in [0.2, 0.25) is 0 Å². The Morgan fingerprint density at radius 2 is 1.74 bits per heavy atom. The average Bonchev–Trinajstić information content (AvgIpc) is 2.76. The molecular weight excluding hydrogens is 406 g/mol.